The van der Waals surface area contributed by atoms with Gasteiger partial charge in [-0.25, -0.2) is 0 Å². The van der Waals surface area contributed by atoms with Gasteiger partial charge >= 0.3 is 6.18 Å². The van der Waals surface area contributed by atoms with Gasteiger partial charge in [0.25, 0.3) is 0 Å². The maximum Gasteiger partial charge on any atom is 0.391 e. The van der Waals surface area contributed by atoms with Crippen molar-refractivity contribution in [3.8, 4) is 0 Å². The fourth-order valence-electron chi connectivity index (χ4n) is 2.79. The standard InChI is InChI=1S/C13H20F3N3/c1-9(2)7-19-8-17-18-12(19)10-3-5-11(6-4-10)13(14,15)16/h8-11H,3-7H2,1-2H3. The van der Waals surface area contributed by atoms with Crippen molar-refractivity contribution in [2.45, 2.75) is 58.2 Å². The van der Waals surface area contributed by atoms with Crippen LogP contribution in [0.25, 0.3) is 0 Å². The Labute approximate surface area is 111 Å². The zero-order valence-corrected chi connectivity index (χ0v) is 11.3. The Morgan fingerprint density at radius 1 is 1.26 bits per heavy atom. The summed E-state index contributed by atoms with van der Waals surface area (Å²) < 4.78 is 39.9. The minimum atomic E-state index is -4.05. The highest BCUT2D eigenvalue weighted by Gasteiger charge is 2.42. The molecule has 0 N–H and O–H groups in total. The number of halogens is 3. The predicted octanol–water partition coefficient (Wildman–Crippen LogP) is 3.77. The number of alkyl halides is 3. The van der Waals surface area contributed by atoms with Gasteiger partial charge < -0.3 is 4.57 Å². The molecule has 0 unspecified atom stereocenters. The van der Waals surface area contributed by atoms with Crippen molar-refractivity contribution in [2.75, 3.05) is 0 Å². The Bertz CT molecular complexity index is 404. The minimum Gasteiger partial charge on any atom is -0.317 e. The molecule has 1 aromatic heterocycles. The van der Waals surface area contributed by atoms with Crippen molar-refractivity contribution in [3.05, 3.63) is 12.2 Å². The maximum atomic E-state index is 12.6. The second-order valence-electron chi connectivity index (χ2n) is 5.83. The third-order valence-corrected chi connectivity index (χ3v) is 3.76. The number of nitrogens with zero attached hydrogens (tertiary/aromatic N) is 3. The van der Waals surface area contributed by atoms with Crippen LogP contribution in [-0.2, 0) is 6.54 Å². The van der Waals surface area contributed by atoms with Crippen LogP contribution in [0, 0.1) is 11.8 Å². The van der Waals surface area contributed by atoms with E-state index in [4.69, 9.17) is 0 Å². The van der Waals surface area contributed by atoms with Crippen molar-refractivity contribution in [2.24, 2.45) is 11.8 Å². The first-order valence-corrected chi connectivity index (χ1v) is 6.82. The van der Waals surface area contributed by atoms with Gasteiger partial charge in [0.1, 0.15) is 12.2 Å². The monoisotopic (exact) mass is 275 g/mol. The molecule has 1 heterocycles. The Morgan fingerprint density at radius 3 is 2.42 bits per heavy atom. The number of rotatable bonds is 3. The van der Waals surface area contributed by atoms with Crippen molar-refractivity contribution >= 4 is 0 Å². The number of hydrogen-bond donors (Lipinski definition) is 0. The zero-order valence-electron chi connectivity index (χ0n) is 11.3. The van der Waals surface area contributed by atoms with Crippen LogP contribution in [0.2, 0.25) is 0 Å². The lowest BCUT2D eigenvalue weighted by Crippen LogP contribution is -2.28. The molecule has 1 aliphatic rings. The highest BCUT2D eigenvalue weighted by atomic mass is 19.4. The van der Waals surface area contributed by atoms with Gasteiger partial charge in [-0.05, 0) is 31.6 Å². The smallest absolute Gasteiger partial charge is 0.317 e. The first-order valence-electron chi connectivity index (χ1n) is 6.82. The third-order valence-electron chi connectivity index (χ3n) is 3.76. The molecule has 0 saturated heterocycles. The first-order chi connectivity index (χ1) is 8.88. The lowest BCUT2D eigenvalue weighted by molar-refractivity contribution is -0.182. The molecule has 0 spiro atoms. The molecule has 0 aliphatic heterocycles. The Hall–Kier alpha value is -1.07. The van der Waals surface area contributed by atoms with E-state index in [1.165, 1.54) is 0 Å². The number of hydrogen-bond acceptors (Lipinski definition) is 2. The molecule has 0 bridgehead atoms. The molecule has 3 nitrogen and oxygen atoms in total. The second-order valence-corrected chi connectivity index (χ2v) is 5.83. The molecular weight excluding hydrogens is 255 g/mol. The summed E-state index contributed by atoms with van der Waals surface area (Å²) in [5.41, 5.74) is 0. The molecule has 0 radical (unpaired) electrons. The van der Waals surface area contributed by atoms with E-state index in [1.54, 1.807) is 6.33 Å². The van der Waals surface area contributed by atoms with E-state index < -0.39 is 12.1 Å². The van der Waals surface area contributed by atoms with Gasteiger partial charge in [0, 0.05) is 12.5 Å². The first kappa shape index (κ1) is 14.3. The van der Waals surface area contributed by atoms with E-state index in [9.17, 15) is 13.2 Å². The molecule has 19 heavy (non-hydrogen) atoms. The summed E-state index contributed by atoms with van der Waals surface area (Å²) in [6, 6.07) is 0. The molecule has 1 fully saturated rings. The SMILES string of the molecule is CC(C)Cn1cnnc1C1CCC(C(F)(F)F)CC1. The molecule has 1 saturated carbocycles. The predicted molar refractivity (Wildman–Crippen MR) is 65.6 cm³/mol. The van der Waals surface area contributed by atoms with Gasteiger partial charge in [0.05, 0.1) is 5.92 Å². The summed E-state index contributed by atoms with van der Waals surface area (Å²) in [5, 5.41) is 8.02. The lowest BCUT2D eigenvalue weighted by atomic mass is 9.81. The zero-order chi connectivity index (χ0) is 14.0. The van der Waals surface area contributed by atoms with Crippen molar-refractivity contribution in [3.63, 3.8) is 0 Å². The van der Waals surface area contributed by atoms with Crippen LogP contribution in [0.1, 0.15) is 51.3 Å². The van der Waals surface area contributed by atoms with Gasteiger partial charge in [0.2, 0.25) is 0 Å². The minimum absolute atomic E-state index is 0.125. The van der Waals surface area contributed by atoms with Crippen LogP contribution in [0.5, 0.6) is 0 Å². The summed E-state index contributed by atoms with van der Waals surface area (Å²) in [7, 11) is 0. The molecule has 108 valence electrons. The van der Waals surface area contributed by atoms with Crippen molar-refractivity contribution in [1.29, 1.82) is 0 Å². The topological polar surface area (TPSA) is 30.7 Å². The largest absolute Gasteiger partial charge is 0.391 e. The maximum absolute atomic E-state index is 12.6. The van der Waals surface area contributed by atoms with Gasteiger partial charge in [-0.15, -0.1) is 10.2 Å². The molecular formula is C13H20F3N3. The normalized spacial score (nSPS) is 24.9. The van der Waals surface area contributed by atoms with E-state index in [-0.39, 0.29) is 18.8 Å². The van der Waals surface area contributed by atoms with E-state index >= 15 is 0 Å². The van der Waals surface area contributed by atoms with E-state index in [1.807, 2.05) is 4.57 Å². The lowest BCUT2D eigenvalue weighted by Gasteiger charge is -2.29. The van der Waals surface area contributed by atoms with Crippen LogP contribution in [0.3, 0.4) is 0 Å². The highest BCUT2D eigenvalue weighted by Crippen LogP contribution is 2.42. The number of aromatic nitrogens is 3. The van der Waals surface area contributed by atoms with Gasteiger partial charge in [-0.2, -0.15) is 13.2 Å². The summed E-state index contributed by atoms with van der Waals surface area (Å²) in [4.78, 5) is 0. The van der Waals surface area contributed by atoms with Gasteiger partial charge in [-0.3, -0.25) is 0 Å². The molecule has 0 aromatic carbocycles. The molecule has 6 heteroatoms. The van der Waals surface area contributed by atoms with E-state index in [0.29, 0.717) is 18.8 Å². The quantitative estimate of drug-likeness (QED) is 0.840. The highest BCUT2D eigenvalue weighted by molar-refractivity contribution is 4.99. The van der Waals surface area contributed by atoms with Gasteiger partial charge in [-0.1, -0.05) is 13.8 Å². The molecule has 2 rings (SSSR count). The Morgan fingerprint density at radius 2 is 1.89 bits per heavy atom. The molecule has 1 aromatic rings. The molecule has 1 aliphatic carbocycles. The van der Waals surface area contributed by atoms with E-state index in [2.05, 4.69) is 24.0 Å². The van der Waals surface area contributed by atoms with Crippen molar-refractivity contribution in [1.82, 2.24) is 14.8 Å². The summed E-state index contributed by atoms with van der Waals surface area (Å²) in [5.74, 6) is 0.320. The van der Waals surface area contributed by atoms with Crippen LogP contribution >= 0.6 is 0 Å². The average molecular weight is 275 g/mol. The van der Waals surface area contributed by atoms with Crippen molar-refractivity contribution < 1.29 is 13.2 Å². The fraction of sp³-hybridized carbons (Fsp3) is 0.846. The summed E-state index contributed by atoms with van der Waals surface area (Å²) in [6.07, 6.45) is -0.824. The summed E-state index contributed by atoms with van der Waals surface area (Å²) >= 11 is 0. The van der Waals surface area contributed by atoms with Crippen LogP contribution in [0.15, 0.2) is 6.33 Å². The third kappa shape index (κ3) is 3.48. The van der Waals surface area contributed by atoms with Crippen LogP contribution in [0.4, 0.5) is 13.2 Å². The Balaban J connectivity index is 2.00. The summed E-state index contributed by atoms with van der Waals surface area (Å²) in [6.45, 7) is 5.02. The van der Waals surface area contributed by atoms with Crippen LogP contribution in [-0.4, -0.2) is 20.9 Å². The van der Waals surface area contributed by atoms with Gasteiger partial charge in [0.15, 0.2) is 0 Å². The average Bonchev–Trinajstić information content (AvgIpc) is 2.75. The molecule has 0 atom stereocenters. The fourth-order valence-corrected chi connectivity index (χ4v) is 2.79. The molecule has 0 amide bonds. The van der Waals surface area contributed by atoms with Crippen LogP contribution < -0.4 is 0 Å². The second kappa shape index (κ2) is 5.51. The Kier molecular flexibility index (Phi) is 4.16. The van der Waals surface area contributed by atoms with E-state index in [0.717, 1.165) is 12.4 Å².